The maximum absolute atomic E-state index is 11.5. The lowest BCUT2D eigenvalue weighted by atomic mass is 9.93. The van der Waals surface area contributed by atoms with Gasteiger partial charge in [0.25, 0.3) is 0 Å². The van der Waals surface area contributed by atoms with E-state index in [1.807, 2.05) is 19.1 Å². The molecule has 1 aliphatic heterocycles. The van der Waals surface area contributed by atoms with Gasteiger partial charge in [-0.3, -0.25) is 0 Å². The number of nitrogens with zero attached hydrogens (tertiary/aromatic N) is 1. The van der Waals surface area contributed by atoms with E-state index in [9.17, 15) is 8.42 Å². The summed E-state index contributed by atoms with van der Waals surface area (Å²) in [6, 6.07) is 6.36. The molecule has 1 saturated heterocycles. The fourth-order valence-corrected chi connectivity index (χ4v) is 4.09. The van der Waals surface area contributed by atoms with Crippen LogP contribution in [0, 0.1) is 12.8 Å². The normalized spacial score (nSPS) is 23.5. The Morgan fingerprint density at radius 1 is 1.36 bits per heavy atom. The summed E-state index contributed by atoms with van der Waals surface area (Å²) >= 11 is 0. The SMILES string of the molecule is CCN1CC[C@H](Nc2cccc(CS(C)(=O)=O)c2C)[C@@H](C)C1. The minimum absolute atomic E-state index is 0.109. The van der Waals surface area contributed by atoms with Crippen molar-refractivity contribution >= 4 is 15.5 Å². The Kier molecular flexibility index (Phi) is 5.50. The number of sulfone groups is 1. The van der Waals surface area contributed by atoms with Gasteiger partial charge in [-0.15, -0.1) is 0 Å². The lowest BCUT2D eigenvalue weighted by Gasteiger charge is -2.37. The number of piperidine rings is 1. The van der Waals surface area contributed by atoms with E-state index in [1.165, 1.54) is 6.26 Å². The maximum atomic E-state index is 11.5. The van der Waals surface area contributed by atoms with Crippen LogP contribution in [0.1, 0.15) is 31.4 Å². The van der Waals surface area contributed by atoms with Gasteiger partial charge in [0.1, 0.15) is 0 Å². The van der Waals surface area contributed by atoms with Gasteiger partial charge in [0.15, 0.2) is 9.84 Å². The summed E-state index contributed by atoms with van der Waals surface area (Å²) in [5, 5.41) is 3.65. The van der Waals surface area contributed by atoms with E-state index in [1.54, 1.807) is 0 Å². The highest BCUT2D eigenvalue weighted by Gasteiger charge is 2.25. The first-order chi connectivity index (χ1) is 10.3. The topological polar surface area (TPSA) is 49.4 Å². The molecule has 0 unspecified atom stereocenters. The number of likely N-dealkylation sites (tertiary alicyclic amines) is 1. The largest absolute Gasteiger partial charge is 0.382 e. The van der Waals surface area contributed by atoms with E-state index in [0.29, 0.717) is 12.0 Å². The smallest absolute Gasteiger partial charge is 0.151 e. The second-order valence-electron chi connectivity index (χ2n) is 6.57. The summed E-state index contributed by atoms with van der Waals surface area (Å²) in [6.07, 6.45) is 2.42. The molecule has 1 heterocycles. The quantitative estimate of drug-likeness (QED) is 0.905. The van der Waals surface area contributed by atoms with E-state index in [-0.39, 0.29) is 5.75 Å². The average molecular weight is 324 g/mol. The summed E-state index contributed by atoms with van der Waals surface area (Å²) in [5.74, 6) is 0.699. The van der Waals surface area contributed by atoms with Crippen LogP contribution in [0.25, 0.3) is 0 Å². The first-order valence-electron chi connectivity index (χ1n) is 8.05. The van der Waals surface area contributed by atoms with Crippen molar-refractivity contribution in [1.29, 1.82) is 0 Å². The van der Waals surface area contributed by atoms with E-state index in [2.05, 4.69) is 30.1 Å². The third-order valence-electron chi connectivity index (χ3n) is 4.64. The van der Waals surface area contributed by atoms with Crippen LogP contribution in [-0.2, 0) is 15.6 Å². The number of nitrogens with one attached hydrogen (secondary N) is 1. The molecule has 1 N–H and O–H groups in total. The number of benzene rings is 1. The van der Waals surface area contributed by atoms with Crippen LogP contribution in [0.3, 0.4) is 0 Å². The van der Waals surface area contributed by atoms with Crippen molar-refractivity contribution in [2.45, 2.75) is 39.0 Å². The molecular formula is C17H28N2O2S. The summed E-state index contributed by atoms with van der Waals surface area (Å²) in [4.78, 5) is 2.48. The van der Waals surface area contributed by atoms with Gasteiger partial charge in [0.2, 0.25) is 0 Å². The first-order valence-corrected chi connectivity index (χ1v) is 10.1. The van der Waals surface area contributed by atoms with Crippen LogP contribution >= 0.6 is 0 Å². The molecular weight excluding hydrogens is 296 g/mol. The summed E-state index contributed by atoms with van der Waals surface area (Å²) < 4.78 is 23.1. The summed E-state index contributed by atoms with van der Waals surface area (Å²) in [5.41, 5.74) is 3.02. The maximum Gasteiger partial charge on any atom is 0.151 e. The Morgan fingerprint density at radius 3 is 2.68 bits per heavy atom. The molecule has 1 aromatic rings. The van der Waals surface area contributed by atoms with Crippen molar-refractivity contribution in [1.82, 2.24) is 4.90 Å². The highest BCUT2D eigenvalue weighted by atomic mass is 32.2. The Morgan fingerprint density at radius 2 is 2.09 bits per heavy atom. The Bertz CT molecular complexity index is 613. The van der Waals surface area contributed by atoms with E-state index >= 15 is 0 Å². The molecule has 0 spiro atoms. The number of rotatable bonds is 5. The molecule has 4 nitrogen and oxygen atoms in total. The zero-order valence-electron chi connectivity index (χ0n) is 14.1. The molecule has 124 valence electrons. The number of anilines is 1. The minimum atomic E-state index is -3.01. The molecule has 1 fully saturated rings. The molecule has 0 amide bonds. The molecule has 0 aliphatic carbocycles. The molecule has 5 heteroatoms. The van der Waals surface area contributed by atoms with Crippen molar-refractivity contribution in [3.63, 3.8) is 0 Å². The van der Waals surface area contributed by atoms with Gasteiger partial charge in [0.05, 0.1) is 5.75 Å². The zero-order valence-corrected chi connectivity index (χ0v) is 14.9. The molecule has 2 atom stereocenters. The molecule has 0 radical (unpaired) electrons. The molecule has 0 bridgehead atoms. The highest BCUT2D eigenvalue weighted by Crippen LogP contribution is 2.25. The van der Waals surface area contributed by atoms with Crippen LogP contribution in [-0.4, -0.2) is 45.2 Å². The van der Waals surface area contributed by atoms with Crippen molar-refractivity contribution in [3.8, 4) is 0 Å². The van der Waals surface area contributed by atoms with Gasteiger partial charge in [-0.1, -0.05) is 26.0 Å². The minimum Gasteiger partial charge on any atom is -0.382 e. The lowest BCUT2D eigenvalue weighted by Crippen LogP contribution is -2.45. The van der Waals surface area contributed by atoms with Gasteiger partial charge >= 0.3 is 0 Å². The van der Waals surface area contributed by atoms with Crippen molar-refractivity contribution in [2.24, 2.45) is 5.92 Å². The fraction of sp³-hybridized carbons (Fsp3) is 0.647. The van der Waals surface area contributed by atoms with Crippen LogP contribution in [0.15, 0.2) is 18.2 Å². The fourth-order valence-electron chi connectivity index (χ4n) is 3.21. The standard InChI is InChI=1S/C17H28N2O2S/c1-5-19-10-9-16(13(2)11-19)18-17-8-6-7-15(14(17)3)12-22(4,20)21/h6-8,13,16,18H,5,9-12H2,1-4H3/t13-,16-/m0/s1. The van der Waals surface area contributed by atoms with Crippen molar-refractivity contribution < 1.29 is 8.42 Å². The lowest BCUT2D eigenvalue weighted by molar-refractivity contribution is 0.179. The molecule has 22 heavy (non-hydrogen) atoms. The Hall–Kier alpha value is -1.07. The highest BCUT2D eigenvalue weighted by molar-refractivity contribution is 7.89. The van der Waals surface area contributed by atoms with Gasteiger partial charge in [0, 0.05) is 31.1 Å². The van der Waals surface area contributed by atoms with E-state index in [0.717, 1.165) is 42.9 Å². The Balaban J connectivity index is 2.12. The zero-order chi connectivity index (χ0) is 16.3. The molecule has 1 aliphatic rings. The van der Waals surface area contributed by atoms with Crippen LogP contribution in [0.5, 0.6) is 0 Å². The molecule has 0 saturated carbocycles. The van der Waals surface area contributed by atoms with E-state index < -0.39 is 9.84 Å². The molecule has 2 rings (SSSR count). The predicted molar refractivity (Wildman–Crippen MR) is 93.0 cm³/mol. The van der Waals surface area contributed by atoms with Crippen LogP contribution < -0.4 is 5.32 Å². The van der Waals surface area contributed by atoms with Gasteiger partial charge in [-0.2, -0.15) is 0 Å². The van der Waals surface area contributed by atoms with Gasteiger partial charge < -0.3 is 10.2 Å². The first kappa shape index (κ1) is 17.3. The predicted octanol–water partition coefficient (Wildman–Crippen LogP) is 2.68. The number of hydrogen-bond donors (Lipinski definition) is 1. The molecule has 0 aromatic heterocycles. The summed E-state index contributed by atoms with van der Waals surface area (Å²) in [7, 11) is -3.01. The number of hydrogen-bond acceptors (Lipinski definition) is 4. The third-order valence-corrected chi connectivity index (χ3v) is 5.48. The van der Waals surface area contributed by atoms with Gasteiger partial charge in [-0.05, 0) is 43.0 Å². The van der Waals surface area contributed by atoms with Crippen molar-refractivity contribution in [3.05, 3.63) is 29.3 Å². The monoisotopic (exact) mass is 324 g/mol. The second-order valence-corrected chi connectivity index (χ2v) is 8.71. The van der Waals surface area contributed by atoms with Gasteiger partial charge in [-0.25, -0.2) is 8.42 Å². The third kappa shape index (κ3) is 4.46. The summed E-state index contributed by atoms with van der Waals surface area (Å²) in [6.45, 7) is 9.86. The van der Waals surface area contributed by atoms with E-state index in [4.69, 9.17) is 0 Å². The Labute approximate surface area is 134 Å². The van der Waals surface area contributed by atoms with Crippen molar-refractivity contribution in [2.75, 3.05) is 31.2 Å². The average Bonchev–Trinajstić information content (AvgIpc) is 2.43. The second kappa shape index (κ2) is 7.01. The molecule has 1 aromatic carbocycles. The van der Waals surface area contributed by atoms with Crippen LogP contribution in [0.4, 0.5) is 5.69 Å². The van der Waals surface area contributed by atoms with Crippen LogP contribution in [0.2, 0.25) is 0 Å².